The Hall–Kier alpha value is -4.05. The fourth-order valence-electron chi connectivity index (χ4n) is 10.6. The van der Waals surface area contributed by atoms with Crippen LogP contribution >= 0.6 is 0 Å². The highest BCUT2D eigenvalue weighted by Crippen LogP contribution is 2.18. The van der Waals surface area contributed by atoms with Gasteiger partial charge in [0.15, 0.2) is 6.10 Å². The van der Waals surface area contributed by atoms with Gasteiger partial charge in [0.05, 0.1) is 34.4 Å². The molecular weight excluding hydrogens is 1110 g/mol. The number of nitrogens with zero attached hydrogens (tertiary/aromatic N) is 1. The van der Waals surface area contributed by atoms with Gasteiger partial charge < -0.3 is 28.5 Å². The third-order valence-electron chi connectivity index (χ3n) is 16.3. The molecule has 0 saturated heterocycles. The topological polar surface area (TPSA) is 108 Å². The molecule has 0 bridgehead atoms. The number of unbranched alkanes of at least 4 members (excludes halogenated alkanes) is 36. The molecular formula is C81H142NO8+. The minimum absolute atomic E-state index is 0.180. The SMILES string of the molecule is CC/C=C\C/C=C\C/C=C\C/C=C\C/C=C\C/C=C\C/C=C\C/C=C\C/C=C\CCCCCCCC(=O)OC(COC(=O)CCCCCCCCCCCCCCCCCCCCCCCCCCCCCCCCCC)COC(OCC[N+](C)(C)C)C(=O)O. The summed E-state index contributed by atoms with van der Waals surface area (Å²) in [5.74, 6) is -2.02. The van der Waals surface area contributed by atoms with Crippen molar-refractivity contribution in [1.29, 1.82) is 0 Å². The third kappa shape index (κ3) is 71.4. The predicted octanol–water partition coefficient (Wildman–Crippen LogP) is 23.8. The zero-order valence-electron chi connectivity index (χ0n) is 59.3. The summed E-state index contributed by atoms with van der Waals surface area (Å²) in [5, 5.41) is 9.76. The highest BCUT2D eigenvalue weighted by Gasteiger charge is 2.25. The van der Waals surface area contributed by atoms with Crippen LogP contribution in [0.4, 0.5) is 0 Å². The molecule has 0 rings (SSSR count). The summed E-state index contributed by atoms with van der Waals surface area (Å²) in [6.07, 6.45) is 96.5. The molecule has 2 unspecified atom stereocenters. The van der Waals surface area contributed by atoms with Gasteiger partial charge in [-0.2, -0.15) is 0 Å². The second-order valence-corrected chi connectivity index (χ2v) is 26.2. The molecule has 0 heterocycles. The number of ether oxygens (including phenoxy) is 4. The van der Waals surface area contributed by atoms with Gasteiger partial charge in [-0.3, -0.25) is 9.59 Å². The Bertz CT molecular complexity index is 1850. The summed E-state index contributed by atoms with van der Waals surface area (Å²) in [6, 6.07) is 0. The number of carboxylic acids is 1. The van der Waals surface area contributed by atoms with Crippen molar-refractivity contribution in [2.24, 2.45) is 0 Å². The quantitative estimate of drug-likeness (QED) is 0.0211. The first kappa shape index (κ1) is 85.9. The van der Waals surface area contributed by atoms with Gasteiger partial charge in [-0.05, 0) is 83.5 Å². The summed E-state index contributed by atoms with van der Waals surface area (Å²) in [6.45, 7) is 4.77. The van der Waals surface area contributed by atoms with E-state index in [1.54, 1.807) is 0 Å². The van der Waals surface area contributed by atoms with Gasteiger partial charge in [0, 0.05) is 12.8 Å². The number of carbonyl (C=O) groups is 3. The van der Waals surface area contributed by atoms with E-state index in [1.165, 1.54) is 186 Å². The maximum absolute atomic E-state index is 13.0. The second kappa shape index (κ2) is 70.8. The summed E-state index contributed by atoms with van der Waals surface area (Å²) in [7, 11) is 5.97. The monoisotopic (exact) mass is 1260 g/mol. The number of carboxylic acid groups (broad SMARTS) is 1. The Labute approximate surface area is 555 Å². The van der Waals surface area contributed by atoms with Crippen LogP contribution in [0.5, 0.6) is 0 Å². The third-order valence-corrected chi connectivity index (χ3v) is 16.3. The molecule has 9 heteroatoms. The molecule has 0 aromatic carbocycles. The average molecular weight is 1260 g/mol. The first-order valence-electron chi connectivity index (χ1n) is 37.6. The van der Waals surface area contributed by atoms with E-state index in [0.717, 1.165) is 109 Å². The molecule has 2 atom stereocenters. The van der Waals surface area contributed by atoms with Crippen molar-refractivity contribution in [3.63, 3.8) is 0 Å². The Balaban J connectivity index is 4.13. The Kier molecular flexibility index (Phi) is 67.6. The van der Waals surface area contributed by atoms with E-state index in [1.807, 2.05) is 21.1 Å². The number of aliphatic carboxylic acids is 1. The standard InChI is InChI=1S/C81H141NO8/c1-6-8-10-12-14-16-18-20-22-24-26-28-30-32-34-36-38-40-42-44-46-48-50-52-54-56-58-60-62-64-66-68-70-72-79(84)90-77(76-89-81(80(85)86)87-74-73-82(3,4)5)75-88-78(83)71-69-67-65-63-61-59-57-55-53-51-49-47-45-43-41-39-37-35-33-31-29-27-25-23-21-19-17-15-13-11-9-7-2/h8,10,14,16,20,22,26,28,32,34,38,40,44,46,50,52,56,58,77,81H,6-7,9,11-13,15,17-19,21,23-25,27,29-31,33,35-37,39,41-43,45,47-49,51,53-55,57,59-76H2,1-5H3/p+1/b10-8-,16-14-,22-20-,28-26-,34-32-,40-38-,46-44-,52-50-,58-56-. The molecule has 0 radical (unpaired) electrons. The lowest BCUT2D eigenvalue weighted by molar-refractivity contribution is -0.870. The van der Waals surface area contributed by atoms with Crippen molar-refractivity contribution in [2.75, 3.05) is 47.5 Å². The largest absolute Gasteiger partial charge is 0.477 e. The summed E-state index contributed by atoms with van der Waals surface area (Å²) >= 11 is 0. The fraction of sp³-hybridized carbons (Fsp3) is 0.741. The first-order chi connectivity index (χ1) is 44.1. The van der Waals surface area contributed by atoms with Gasteiger partial charge in [0.2, 0.25) is 0 Å². The molecule has 0 aromatic heterocycles. The van der Waals surface area contributed by atoms with E-state index in [4.69, 9.17) is 18.9 Å². The molecule has 518 valence electrons. The first-order valence-corrected chi connectivity index (χ1v) is 37.6. The van der Waals surface area contributed by atoms with E-state index in [2.05, 4.69) is 123 Å². The van der Waals surface area contributed by atoms with Crippen LogP contribution < -0.4 is 0 Å². The fourth-order valence-corrected chi connectivity index (χ4v) is 10.6. The second-order valence-electron chi connectivity index (χ2n) is 26.2. The molecule has 0 saturated carbocycles. The molecule has 1 N–H and O–H groups in total. The van der Waals surface area contributed by atoms with Crippen molar-refractivity contribution in [3.8, 4) is 0 Å². The molecule has 90 heavy (non-hydrogen) atoms. The average Bonchev–Trinajstić information content (AvgIpc) is 3.72. The summed E-state index contributed by atoms with van der Waals surface area (Å²) < 4.78 is 23.0. The minimum Gasteiger partial charge on any atom is -0.477 e. The summed E-state index contributed by atoms with van der Waals surface area (Å²) in [4.78, 5) is 37.7. The number of likely N-dealkylation sites (N-methyl/N-ethyl adjacent to an activating group) is 1. The number of carbonyl (C=O) groups excluding carboxylic acids is 2. The Morgan fingerprint density at radius 3 is 0.944 bits per heavy atom. The molecule has 9 nitrogen and oxygen atoms in total. The lowest BCUT2D eigenvalue weighted by Gasteiger charge is -2.25. The number of allylic oxidation sites excluding steroid dienone is 18. The van der Waals surface area contributed by atoms with Gasteiger partial charge in [0.25, 0.3) is 6.29 Å². The molecule has 0 fully saturated rings. The van der Waals surface area contributed by atoms with Gasteiger partial charge in [-0.1, -0.05) is 342 Å². The highest BCUT2D eigenvalue weighted by atomic mass is 16.7. The van der Waals surface area contributed by atoms with Crippen LogP contribution in [0.2, 0.25) is 0 Å². The molecule has 0 aliphatic heterocycles. The van der Waals surface area contributed by atoms with Crippen molar-refractivity contribution in [3.05, 3.63) is 109 Å². The molecule has 0 aliphatic rings. The van der Waals surface area contributed by atoms with E-state index in [-0.39, 0.29) is 32.2 Å². The zero-order valence-corrected chi connectivity index (χ0v) is 59.3. The van der Waals surface area contributed by atoms with Gasteiger partial charge in [-0.25, -0.2) is 4.79 Å². The normalized spacial score (nSPS) is 13.3. The smallest absolute Gasteiger partial charge is 0.361 e. The number of esters is 2. The van der Waals surface area contributed by atoms with Crippen molar-refractivity contribution < 1.29 is 42.9 Å². The maximum Gasteiger partial charge on any atom is 0.361 e. The van der Waals surface area contributed by atoms with Crippen molar-refractivity contribution >= 4 is 17.9 Å². The highest BCUT2D eigenvalue weighted by molar-refractivity contribution is 5.71. The molecule has 0 aliphatic carbocycles. The molecule has 0 spiro atoms. The van der Waals surface area contributed by atoms with E-state index in [9.17, 15) is 19.5 Å². The van der Waals surface area contributed by atoms with Crippen molar-refractivity contribution in [2.45, 2.75) is 341 Å². The van der Waals surface area contributed by atoms with E-state index < -0.39 is 24.3 Å². The summed E-state index contributed by atoms with van der Waals surface area (Å²) in [5.41, 5.74) is 0. The molecule has 0 amide bonds. The van der Waals surface area contributed by atoms with Crippen LogP contribution in [-0.4, -0.2) is 87.4 Å². The van der Waals surface area contributed by atoms with Crippen LogP contribution in [0.15, 0.2) is 109 Å². The van der Waals surface area contributed by atoms with Gasteiger partial charge >= 0.3 is 17.9 Å². The van der Waals surface area contributed by atoms with E-state index in [0.29, 0.717) is 23.9 Å². The number of quaternary nitrogens is 1. The van der Waals surface area contributed by atoms with Crippen LogP contribution in [0.3, 0.4) is 0 Å². The van der Waals surface area contributed by atoms with Gasteiger partial charge in [0.1, 0.15) is 13.2 Å². The number of hydrogen-bond donors (Lipinski definition) is 1. The number of rotatable bonds is 69. The maximum atomic E-state index is 13.0. The molecule has 0 aromatic rings. The van der Waals surface area contributed by atoms with Crippen LogP contribution in [0.1, 0.15) is 328 Å². The van der Waals surface area contributed by atoms with Crippen LogP contribution in [0, 0.1) is 0 Å². The minimum atomic E-state index is -1.52. The van der Waals surface area contributed by atoms with Gasteiger partial charge in [-0.15, -0.1) is 0 Å². The van der Waals surface area contributed by atoms with Crippen molar-refractivity contribution in [1.82, 2.24) is 0 Å². The van der Waals surface area contributed by atoms with Crippen LogP contribution in [-0.2, 0) is 33.3 Å². The van der Waals surface area contributed by atoms with Crippen LogP contribution in [0.25, 0.3) is 0 Å². The predicted molar refractivity (Wildman–Crippen MR) is 387 cm³/mol. The number of hydrogen-bond acceptors (Lipinski definition) is 7. The Morgan fingerprint density at radius 1 is 0.344 bits per heavy atom. The Morgan fingerprint density at radius 2 is 0.633 bits per heavy atom. The van der Waals surface area contributed by atoms with E-state index >= 15 is 0 Å². The lowest BCUT2D eigenvalue weighted by Crippen LogP contribution is -2.40. The zero-order chi connectivity index (χ0) is 65.4. The lowest BCUT2D eigenvalue weighted by atomic mass is 10.0.